The highest BCUT2D eigenvalue weighted by Gasteiger charge is 2.40. The Morgan fingerprint density at radius 1 is 0.833 bits per heavy atom. The van der Waals surface area contributed by atoms with Crippen LogP contribution in [0, 0.1) is 11.8 Å². The first-order valence-corrected chi connectivity index (χ1v) is 18.8. The summed E-state index contributed by atoms with van der Waals surface area (Å²) in [5, 5.41) is 17.7. The first-order valence-electron chi connectivity index (χ1n) is 18.8. The lowest BCUT2D eigenvalue weighted by atomic mass is 9.97. The van der Waals surface area contributed by atoms with Crippen LogP contribution in [-0.4, -0.2) is 144 Å². The summed E-state index contributed by atoms with van der Waals surface area (Å²) in [7, 11) is 5.81. The van der Waals surface area contributed by atoms with Crippen LogP contribution in [0.1, 0.15) is 72.3 Å². The van der Waals surface area contributed by atoms with Crippen LogP contribution < -0.4 is 21.7 Å². The zero-order valence-corrected chi connectivity index (χ0v) is 33.3. The Hall–Kier alpha value is -4.57. The largest absolute Gasteiger partial charge is 0.480 e. The number of amides is 6. The molecule has 1 aromatic carbocycles. The molecular weight excluding hydrogens is 696 g/mol. The van der Waals surface area contributed by atoms with Gasteiger partial charge in [0.2, 0.25) is 29.5 Å². The Bertz CT molecular complexity index is 1450. The van der Waals surface area contributed by atoms with E-state index >= 15 is 0 Å². The summed E-state index contributed by atoms with van der Waals surface area (Å²) in [6.45, 7) is 9.53. The highest BCUT2D eigenvalue weighted by molar-refractivity contribution is 5.97. The number of carboxylic acids is 1. The van der Waals surface area contributed by atoms with E-state index in [9.17, 15) is 38.7 Å². The van der Waals surface area contributed by atoms with Crippen LogP contribution in [-0.2, 0) is 40.0 Å². The molecule has 1 fully saturated rings. The molecular formula is C38H62N8O8. The molecule has 1 saturated heterocycles. The van der Waals surface area contributed by atoms with E-state index in [-0.39, 0.29) is 12.3 Å². The molecule has 5 unspecified atom stereocenters. The second-order valence-electron chi connectivity index (χ2n) is 14.6. The van der Waals surface area contributed by atoms with Crippen LogP contribution in [0.4, 0.5) is 0 Å². The summed E-state index contributed by atoms with van der Waals surface area (Å²) >= 11 is 0. The standard InChI is InChI=1S/C38H62N8O8/c1-10-24(4)30(40-6)33(48)42-32(39)37(52)44(8)28(21-26-17-13-11-14-18-26)36(51)45(9)31(23(2)3)34(49)41-27(35(50)46-19-15-12-16-20-46)22-29(47)43(7)25(5)38(53)54/h11,13-14,17-18,23-25,27-28,30-32,40H,10,12,15-16,19-22,39H2,1-9H3,(H,41,49)(H,42,48)(H,53,54)/t24?,25?,27?,28?,30-,31?,32+/m0/s1. The summed E-state index contributed by atoms with van der Waals surface area (Å²) in [4.78, 5) is 99.0. The summed E-state index contributed by atoms with van der Waals surface area (Å²) in [5.41, 5.74) is 6.94. The molecule has 16 nitrogen and oxygen atoms in total. The summed E-state index contributed by atoms with van der Waals surface area (Å²) < 4.78 is 0. The van der Waals surface area contributed by atoms with Crippen molar-refractivity contribution in [3.05, 3.63) is 35.9 Å². The fourth-order valence-electron chi connectivity index (χ4n) is 6.60. The molecule has 54 heavy (non-hydrogen) atoms. The predicted octanol–water partition coefficient (Wildman–Crippen LogP) is 0.393. The normalized spacial score (nSPS) is 16.8. The van der Waals surface area contributed by atoms with E-state index in [1.807, 2.05) is 19.9 Å². The molecule has 0 spiro atoms. The fraction of sp³-hybridized carbons (Fsp3) is 0.658. The molecule has 1 aliphatic rings. The van der Waals surface area contributed by atoms with Gasteiger partial charge in [0, 0.05) is 40.7 Å². The summed E-state index contributed by atoms with van der Waals surface area (Å²) in [6, 6.07) is 3.60. The fourth-order valence-corrected chi connectivity index (χ4v) is 6.60. The van der Waals surface area contributed by atoms with Gasteiger partial charge in [0.25, 0.3) is 5.91 Å². The highest BCUT2D eigenvalue weighted by Crippen LogP contribution is 2.19. The van der Waals surface area contributed by atoms with Crippen molar-refractivity contribution in [3.8, 4) is 0 Å². The van der Waals surface area contributed by atoms with Gasteiger partial charge in [-0.1, -0.05) is 64.4 Å². The summed E-state index contributed by atoms with van der Waals surface area (Å²) in [5.74, 6) is -5.36. The maximum atomic E-state index is 14.5. The van der Waals surface area contributed by atoms with Crippen LogP contribution >= 0.6 is 0 Å². The molecule has 6 amide bonds. The predicted molar refractivity (Wildman–Crippen MR) is 203 cm³/mol. The second-order valence-corrected chi connectivity index (χ2v) is 14.6. The Labute approximate surface area is 319 Å². The lowest BCUT2D eigenvalue weighted by Gasteiger charge is -2.37. The molecule has 0 radical (unpaired) electrons. The minimum Gasteiger partial charge on any atom is -0.480 e. The number of piperidine rings is 1. The van der Waals surface area contributed by atoms with E-state index in [0.29, 0.717) is 19.5 Å². The molecule has 1 aliphatic heterocycles. The number of hydrogen-bond donors (Lipinski definition) is 5. The van der Waals surface area contributed by atoms with Gasteiger partial charge in [0.15, 0.2) is 6.17 Å². The Kier molecular flexibility index (Phi) is 18.0. The van der Waals surface area contributed by atoms with Crippen molar-refractivity contribution in [1.82, 2.24) is 35.6 Å². The lowest BCUT2D eigenvalue weighted by molar-refractivity contribution is -0.151. The molecule has 7 atom stereocenters. The first-order chi connectivity index (χ1) is 25.4. The zero-order valence-electron chi connectivity index (χ0n) is 33.3. The average Bonchev–Trinajstić information content (AvgIpc) is 3.15. The van der Waals surface area contributed by atoms with Crippen LogP contribution in [0.5, 0.6) is 0 Å². The van der Waals surface area contributed by atoms with E-state index in [0.717, 1.165) is 29.7 Å². The van der Waals surface area contributed by atoms with Gasteiger partial charge in [-0.15, -0.1) is 0 Å². The number of carbonyl (C=O) groups excluding carboxylic acids is 6. The van der Waals surface area contributed by atoms with Crippen LogP contribution in [0.25, 0.3) is 0 Å². The Morgan fingerprint density at radius 2 is 1.43 bits per heavy atom. The molecule has 1 heterocycles. The van der Waals surface area contributed by atoms with E-state index in [1.54, 1.807) is 50.1 Å². The van der Waals surface area contributed by atoms with Crippen molar-refractivity contribution >= 4 is 41.4 Å². The van der Waals surface area contributed by atoms with Crippen molar-refractivity contribution in [3.63, 3.8) is 0 Å². The molecule has 0 aromatic heterocycles. The van der Waals surface area contributed by atoms with Gasteiger partial charge in [-0.3, -0.25) is 28.8 Å². The average molecular weight is 759 g/mol. The minimum absolute atomic E-state index is 0.0442. The van der Waals surface area contributed by atoms with E-state index in [4.69, 9.17) is 5.73 Å². The van der Waals surface area contributed by atoms with Crippen LogP contribution in [0.2, 0.25) is 0 Å². The maximum absolute atomic E-state index is 14.5. The van der Waals surface area contributed by atoms with E-state index in [1.165, 1.54) is 37.9 Å². The minimum atomic E-state index is -1.47. The van der Waals surface area contributed by atoms with E-state index in [2.05, 4.69) is 16.0 Å². The number of carbonyl (C=O) groups is 7. The third-order valence-corrected chi connectivity index (χ3v) is 10.4. The van der Waals surface area contributed by atoms with Gasteiger partial charge >= 0.3 is 5.97 Å². The van der Waals surface area contributed by atoms with Gasteiger partial charge in [-0.05, 0) is 50.6 Å². The molecule has 16 heteroatoms. The third kappa shape index (κ3) is 12.2. The van der Waals surface area contributed by atoms with Crippen LogP contribution in [0.15, 0.2) is 30.3 Å². The highest BCUT2D eigenvalue weighted by atomic mass is 16.4. The topological polar surface area (TPSA) is 215 Å². The SMILES string of the molecule is CCC(C)[C@H](NC)C(=O)N[C@@H](N)C(=O)N(C)C(Cc1ccccc1)C(=O)N(C)C(C(=O)NC(CC(=O)N(C)C(C)C(=O)O)C(=O)N1CCCCC1)C(C)C. The molecule has 0 saturated carbocycles. The number of benzene rings is 1. The van der Waals surface area contributed by atoms with E-state index < -0.39 is 90.1 Å². The zero-order chi connectivity index (χ0) is 40.9. The van der Waals surface area contributed by atoms with Crippen LogP contribution in [0.3, 0.4) is 0 Å². The van der Waals surface area contributed by atoms with Gasteiger partial charge in [-0.25, -0.2) is 4.79 Å². The van der Waals surface area contributed by atoms with Crippen molar-refractivity contribution < 1.29 is 38.7 Å². The second kappa shape index (κ2) is 21.4. The lowest BCUT2D eigenvalue weighted by Crippen LogP contribution is -2.62. The molecule has 1 aromatic rings. The number of aliphatic carboxylic acids is 1. The van der Waals surface area contributed by atoms with Crippen molar-refractivity contribution in [2.75, 3.05) is 41.3 Å². The quantitative estimate of drug-likeness (QED) is 0.122. The first kappa shape index (κ1) is 45.6. The number of carboxylic acid groups (broad SMARTS) is 1. The molecule has 0 bridgehead atoms. The third-order valence-electron chi connectivity index (χ3n) is 10.4. The van der Waals surface area contributed by atoms with Gasteiger partial charge in [-0.2, -0.15) is 0 Å². The number of nitrogens with two attached hydrogens (primary N) is 1. The summed E-state index contributed by atoms with van der Waals surface area (Å²) in [6.07, 6.45) is 1.27. The Morgan fingerprint density at radius 3 is 1.94 bits per heavy atom. The van der Waals surface area contributed by atoms with Gasteiger partial charge < -0.3 is 46.4 Å². The maximum Gasteiger partial charge on any atom is 0.326 e. The smallest absolute Gasteiger partial charge is 0.326 e. The molecule has 0 aliphatic carbocycles. The molecule has 302 valence electrons. The number of hydrogen-bond acceptors (Lipinski definition) is 9. The van der Waals surface area contributed by atoms with Crippen molar-refractivity contribution in [1.29, 1.82) is 0 Å². The van der Waals surface area contributed by atoms with Gasteiger partial charge in [0.1, 0.15) is 24.2 Å². The Balaban J connectivity index is 2.43. The number of rotatable bonds is 19. The molecule has 2 rings (SSSR count). The van der Waals surface area contributed by atoms with Gasteiger partial charge in [0.05, 0.1) is 12.5 Å². The number of nitrogens with one attached hydrogen (secondary N) is 3. The number of likely N-dealkylation sites (N-methyl/N-ethyl adjacent to an activating group) is 4. The van der Waals surface area contributed by atoms with Crippen molar-refractivity contribution in [2.45, 2.75) is 110 Å². The number of nitrogens with zero attached hydrogens (tertiary/aromatic N) is 4. The number of likely N-dealkylation sites (tertiary alicyclic amines) is 1. The molecule has 6 N–H and O–H groups in total. The monoisotopic (exact) mass is 758 g/mol. The van der Waals surface area contributed by atoms with Crippen molar-refractivity contribution in [2.24, 2.45) is 17.6 Å².